The van der Waals surface area contributed by atoms with E-state index < -0.39 is 0 Å². The third-order valence-electron chi connectivity index (χ3n) is 4.01. The average Bonchev–Trinajstić information content (AvgIpc) is 2.39. The molecule has 1 saturated heterocycles. The lowest BCUT2D eigenvalue weighted by atomic mass is 9.90. The Morgan fingerprint density at radius 2 is 2.11 bits per heavy atom. The maximum absolute atomic E-state index is 3.66. The second-order valence-corrected chi connectivity index (χ2v) is 6.46. The van der Waals surface area contributed by atoms with Gasteiger partial charge in [-0.25, -0.2) is 0 Å². The Bertz CT molecular complexity index is 373. The average molecular weight is 358 g/mol. The van der Waals surface area contributed by atoms with Crippen molar-refractivity contribution in [3.63, 3.8) is 0 Å². The molecule has 1 unspecified atom stereocenters. The zero-order valence-electron chi connectivity index (χ0n) is 11.3. The second-order valence-electron chi connectivity index (χ2n) is 5.22. The van der Waals surface area contributed by atoms with Crippen LogP contribution in [0.15, 0.2) is 24.3 Å². The van der Waals surface area contributed by atoms with Crippen LogP contribution in [0.2, 0.25) is 0 Å². The first-order valence-electron chi connectivity index (χ1n) is 6.93. The van der Waals surface area contributed by atoms with Crippen molar-refractivity contribution < 1.29 is 0 Å². The molecule has 1 aliphatic heterocycles. The number of hydrogen-bond donors (Lipinski definition) is 1. The molecule has 0 bridgehead atoms. The summed E-state index contributed by atoms with van der Waals surface area (Å²) in [7, 11) is 0. The van der Waals surface area contributed by atoms with E-state index in [0.717, 1.165) is 5.92 Å². The third-order valence-corrected chi connectivity index (χ3v) is 4.68. The molecule has 1 N–H and O–H groups in total. The maximum atomic E-state index is 3.66. The van der Waals surface area contributed by atoms with E-state index in [0.29, 0.717) is 6.04 Å². The minimum atomic E-state index is 0.571. The van der Waals surface area contributed by atoms with Gasteiger partial charge in [-0.05, 0) is 86.1 Å². The molecule has 0 radical (unpaired) electrons. The summed E-state index contributed by atoms with van der Waals surface area (Å²) in [5.74, 6) is 0.811. The van der Waals surface area contributed by atoms with E-state index in [1.807, 2.05) is 0 Å². The van der Waals surface area contributed by atoms with E-state index in [1.54, 1.807) is 0 Å². The van der Waals surface area contributed by atoms with Crippen LogP contribution < -0.4 is 5.32 Å². The Kier molecular flexibility index (Phi) is 5.30. The first-order chi connectivity index (χ1) is 8.69. The van der Waals surface area contributed by atoms with Gasteiger partial charge in [0.15, 0.2) is 0 Å². The van der Waals surface area contributed by atoms with Gasteiger partial charge in [0.2, 0.25) is 0 Å². The molecule has 1 fully saturated rings. The van der Waals surface area contributed by atoms with Crippen molar-refractivity contribution in [2.24, 2.45) is 5.92 Å². The number of anilines is 1. The Balaban J connectivity index is 1.87. The fourth-order valence-corrected chi connectivity index (χ4v) is 3.27. The fraction of sp³-hybridized carbons (Fsp3) is 0.600. The zero-order valence-corrected chi connectivity index (χ0v) is 13.5. The second kappa shape index (κ2) is 6.75. The van der Waals surface area contributed by atoms with Crippen molar-refractivity contribution in [3.8, 4) is 0 Å². The molecule has 1 atom stereocenters. The predicted octanol–water partition coefficient (Wildman–Crippen LogP) is 3.82. The van der Waals surface area contributed by atoms with Crippen molar-refractivity contribution in [2.45, 2.75) is 32.7 Å². The molecule has 3 heteroatoms. The van der Waals surface area contributed by atoms with E-state index in [1.165, 1.54) is 41.7 Å². The molecule has 0 spiro atoms. The summed E-state index contributed by atoms with van der Waals surface area (Å²) in [4.78, 5) is 2.55. The van der Waals surface area contributed by atoms with Crippen molar-refractivity contribution >= 4 is 28.3 Å². The highest BCUT2D eigenvalue weighted by Crippen LogP contribution is 2.23. The van der Waals surface area contributed by atoms with Gasteiger partial charge in [-0.1, -0.05) is 13.0 Å². The topological polar surface area (TPSA) is 15.3 Å². The number of halogens is 1. The van der Waals surface area contributed by atoms with E-state index in [-0.39, 0.29) is 0 Å². The van der Waals surface area contributed by atoms with Crippen molar-refractivity contribution in [1.29, 1.82) is 0 Å². The summed E-state index contributed by atoms with van der Waals surface area (Å²) >= 11 is 2.37. The summed E-state index contributed by atoms with van der Waals surface area (Å²) in [6.45, 7) is 8.31. The third kappa shape index (κ3) is 3.85. The summed E-state index contributed by atoms with van der Waals surface area (Å²) in [5.41, 5.74) is 1.26. The molecule has 0 amide bonds. The van der Waals surface area contributed by atoms with Crippen LogP contribution in [0.1, 0.15) is 26.7 Å². The first kappa shape index (κ1) is 14.1. The van der Waals surface area contributed by atoms with Gasteiger partial charge in [-0.2, -0.15) is 0 Å². The van der Waals surface area contributed by atoms with Gasteiger partial charge < -0.3 is 10.2 Å². The minimum Gasteiger partial charge on any atom is -0.382 e. The van der Waals surface area contributed by atoms with Gasteiger partial charge in [-0.15, -0.1) is 0 Å². The van der Waals surface area contributed by atoms with E-state index >= 15 is 0 Å². The van der Waals surface area contributed by atoms with Gasteiger partial charge in [0, 0.05) is 15.3 Å². The van der Waals surface area contributed by atoms with Crippen LogP contribution in [0.3, 0.4) is 0 Å². The lowest BCUT2D eigenvalue weighted by Gasteiger charge is -2.34. The quantitative estimate of drug-likeness (QED) is 0.824. The number of benzene rings is 1. The van der Waals surface area contributed by atoms with Gasteiger partial charge in [-0.3, -0.25) is 0 Å². The smallest absolute Gasteiger partial charge is 0.0352 e. The highest BCUT2D eigenvalue weighted by atomic mass is 127. The molecule has 18 heavy (non-hydrogen) atoms. The van der Waals surface area contributed by atoms with Crippen LogP contribution in [0.4, 0.5) is 5.69 Å². The van der Waals surface area contributed by atoms with Crippen molar-refractivity contribution in [1.82, 2.24) is 4.90 Å². The molecule has 1 heterocycles. The molecule has 1 aliphatic rings. The number of hydrogen-bond acceptors (Lipinski definition) is 2. The Morgan fingerprint density at radius 1 is 1.39 bits per heavy atom. The summed E-state index contributed by atoms with van der Waals surface area (Å²) < 4.78 is 1.30. The highest BCUT2D eigenvalue weighted by molar-refractivity contribution is 14.1. The number of nitrogens with one attached hydrogen (secondary N) is 1. The molecule has 2 nitrogen and oxygen atoms in total. The molecule has 1 aromatic rings. The van der Waals surface area contributed by atoms with Crippen LogP contribution in [0, 0.1) is 9.49 Å². The monoisotopic (exact) mass is 358 g/mol. The zero-order chi connectivity index (χ0) is 13.0. The molecular formula is C15H23IN2. The standard InChI is InChI=1S/C15H23IN2/c1-3-18-9-7-13(8-10-18)12(2)17-15-6-4-5-14(16)11-15/h4-6,11-13,17H,3,7-10H2,1-2H3. The van der Waals surface area contributed by atoms with Crippen LogP contribution in [-0.2, 0) is 0 Å². The van der Waals surface area contributed by atoms with Crippen LogP contribution in [0.25, 0.3) is 0 Å². The van der Waals surface area contributed by atoms with Gasteiger partial charge in [0.05, 0.1) is 0 Å². The fourth-order valence-electron chi connectivity index (χ4n) is 2.73. The molecule has 0 saturated carbocycles. The molecule has 0 aromatic heterocycles. The summed E-state index contributed by atoms with van der Waals surface area (Å²) in [6, 6.07) is 9.22. The normalized spacial score (nSPS) is 19.7. The number of nitrogens with zero attached hydrogens (tertiary/aromatic N) is 1. The molecule has 1 aromatic carbocycles. The number of rotatable bonds is 4. The molecule has 0 aliphatic carbocycles. The van der Waals surface area contributed by atoms with E-state index in [4.69, 9.17) is 0 Å². The minimum absolute atomic E-state index is 0.571. The maximum Gasteiger partial charge on any atom is 0.0352 e. The molecule has 2 rings (SSSR count). The van der Waals surface area contributed by atoms with Crippen molar-refractivity contribution in [3.05, 3.63) is 27.8 Å². The summed E-state index contributed by atoms with van der Waals surface area (Å²) in [6.07, 6.45) is 2.65. The van der Waals surface area contributed by atoms with E-state index in [9.17, 15) is 0 Å². The summed E-state index contributed by atoms with van der Waals surface area (Å²) in [5, 5.41) is 3.66. The molecular weight excluding hydrogens is 335 g/mol. The van der Waals surface area contributed by atoms with Crippen LogP contribution >= 0.6 is 22.6 Å². The Labute approximate surface area is 124 Å². The highest BCUT2D eigenvalue weighted by Gasteiger charge is 2.22. The van der Waals surface area contributed by atoms with Crippen molar-refractivity contribution in [2.75, 3.05) is 25.0 Å². The lowest BCUT2D eigenvalue weighted by molar-refractivity contribution is 0.183. The predicted molar refractivity (Wildman–Crippen MR) is 87.1 cm³/mol. The lowest BCUT2D eigenvalue weighted by Crippen LogP contribution is -2.39. The Hall–Kier alpha value is -0.290. The van der Waals surface area contributed by atoms with Gasteiger partial charge in [0.25, 0.3) is 0 Å². The van der Waals surface area contributed by atoms with Gasteiger partial charge >= 0.3 is 0 Å². The van der Waals surface area contributed by atoms with Crippen LogP contribution in [0.5, 0.6) is 0 Å². The van der Waals surface area contributed by atoms with Crippen LogP contribution in [-0.4, -0.2) is 30.6 Å². The largest absolute Gasteiger partial charge is 0.382 e. The molecule has 100 valence electrons. The van der Waals surface area contributed by atoms with E-state index in [2.05, 4.69) is 70.9 Å². The number of likely N-dealkylation sites (tertiary alicyclic amines) is 1. The number of piperidine rings is 1. The Morgan fingerprint density at radius 3 is 2.72 bits per heavy atom. The first-order valence-corrected chi connectivity index (χ1v) is 8.01. The van der Waals surface area contributed by atoms with Gasteiger partial charge in [0.1, 0.15) is 0 Å². The SMILES string of the molecule is CCN1CCC(C(C)Nc2cccc(I)c2)CC1.